The second kappa shape index (κ2) is 27.1. The molecule has 0 aliphatic rings. The highest BCUT2D eigenvalue weighted by Crippen LogP contribution is 2.29. The normalized spacial score (nSPS) is 10.2. The van der Waals surface area contributed by atoms with E-state index >= 15 is 0 Å². The molecular weight excluding hydrogens is 898 g/mol. The van der Waals surface area contributed by atoms with Gasteiger partial charge in [-0.3, -0.25) is 14.6 Å². The van der Waals surface area contributed by atoms with Crippen LogP contribution in [0.2, 0.25) is 0 Å². The zero-order chi connectivity index (χ0) is 42.5. The minimum absolute atomic E-state index is 0. The van der Waals surface area contributed by atoms with E-state index in [9.17, 15) is 9.59 Å². The molecule has 0 unspecified atom stereocenters. The topological polar surface area (TPSA) is 266 Å². The molecule has 0 saturated heterocycles. The molecule has 6 aromatic rings. The van der Waals surface area contributed by atoms with E-state index in [0.29, 0.717) is 39.6 Å². The molecule has 1 heterocycles. The molecule has 0 bridgehead atoms. The van der Waals surface area contributed by atoms with Gasteiger partial charge in [-0.05, 0) is 122 Å². The van der Waals surface area contributed by atoms with Crippen LogP contribution in [0.3, 0.4) is 0 Å². The molecule has 340 valence electrons. The average molecular weight is 953 g/mol. The first-order valence-electron chi connectivity index (χ1n) is 18.1. The predicted molar refractivity (Wildman–Crippen MR) is 277 cm³/mol. The van der Waals surface area contributed by atoms with Gasteiger partial charge < -0.3 is 49.5 Å². The maximum Gasteiger partial charge on any atom is 0.255 e. The van der Waals surface area contributed by atoms with E-state index in [1.54, 1.807) is 80.7 Å². The van der Waals surface area contributed by atoms with Gasteiger partial charge in [0, 0.05) is 70.9 Å². The summed E-state index contributed by atoms with van der Waals surface area (Å²) < 4.78 is 0. The van der Waals surface area contributed by atoms with Gasteiger partial charge in [0.15, 0.2) is 0 Å². The average Bonchev–Trinajstić information content (AvgIpc) is 3.23. The zero-order valence-corrected chi connectivity index (χ0v) is 37.9. The number of pyridine rings is 1. The Morgan fingerprint density at radius 3 is 1.38 bits per heavy atom. The minimum Gasteiger partial charge on any atom is -0.399 e. The summed E-state index contributed by atoms with van der Waals surface area (Å²) >= 11 is 0. The van der Waals surface area contributed by atoms with Crippen LogP contribution in [0.1, 0.15) is 53.1 Å². The van der Waals surface area contributed by atoms with Crippen molar-refractivity contribution in [2.45, 2.75) is 21.3 Å². The Labute approximate surface area is 397 Å². The van der Waals surface area contributed by atoms with E-state index in [1.807, 2.05) is 68.7 Å². The monoisotopic (exact) mass is 950 g/mol. The van der Waals surface area contributed by atoms with Gasteiger partial charge >= 0.3 is 0 Å². The first-order chi connectivity index (χ1) is 28.2. The number of anilines is 6. The molecule has 1 aromatic heterocycles. The van der Waals surface area contributed by atoms with Gasteiger partial charge in [-0.25, -0.2) is 0 Å². The summed E-state index contributed by atoms with van der Waals surface area (Å²) in [6.07, 6.45) is 1.78. The van der Waals surface area contributed by atoms with Crippen molar-refractivity contribution in [3.05, 3.63) is 150 Å². The SMILES string of the molecule is C.C/C(=N\N=C(N)N)c1ccc(NC(=O)c2ccc(N)cc2)cc1.C/C(=N\N=C(N)N)c1ccc(NC(=O)c2ccc(Nc3ccnc4ccc(N(C)C)cc34)cc2)cc1.Cl.Cl.Cl.Cl. The molecule has 2 amide bonds. The Balaban J connectivity index is 0.00000125. The Morgan fingerprint density at radius 2 is 0.953 bits per heavy atom. The van der Waals surface area contributed by atoms with Gasteiger partial charge in [0.05, 0.1) is 16.9 Å². The highest BCUT2D eigenvalue weighted by molar-refractivity contribution is 6.06. The molecule has 0 aliphatic heterocycles. The summed E-state index contributed by atoms with van der Waals surface area (Å²) in [6.45, 7) is 3.58. The van der Waals surface area contributed by atoms with Crippen molar-refractivity contribution in [1.29, 1.82) is 0 Å². The third-order valence-electron chi connectivity index (χ3n) is 8.59. The molecule has 20 heteroatoms. The van der Waals surface area contributed by atoms with Crippen LogP contribution >= 0.6 is 49.6 Å². The van der Waals surface area contributed by atoms with E-state index in [2.05, 4.69) is 52.3 Å². The maximum absolute atomic E-state index is 12.7. The van der Waals surface area contributed by atoms with Crippen LogP contribution in [0, 0.1) is 0 Å². The lowest BCUT2D eigenvalue weighted by molar-refractivity contribution is 0.101. The summed E-state index contributed by atoms with van der Waals surface area (Å²) in [5.41, 5.74) is 36.5. The van der Waals surface area contributed by atoms with Gasteiger partial charge in [-0.1, -0.05) is 31.7 Å². The lowest BCUT2D eigenvalue weighted by atomic mass is 10.1. The number of nitrogens with two attached hydrogens (primary N) is 5. The van der Waals surface area contributed by atoms with Crippen LogP contribution in [-0.2, 0) is 0 Å². The molecule has 5 aromatic carbocycles. The van der Waals surface area contributed by atoms with Gasteiger partial charge in [0.1, 0.15) is 0 Å². The number of hydrogen-bond acceptors (Lipinski definition) is 10. The number of nitrogen functional groups attached to an aromatic ring is 1. The number of benzene rings is 5. The predicted octanol–water partition coefficient (Wildman–Crippen LogP) is 8.14. The van der Waals surface area contributed by atoms with Crippen LogP contribution in [0.5, 0.6) is 0 Å². The highest BCUT2D eigenvalue weighted by Gasteiger charge is 2.10. The van der Waals surface area contributed by atoms with Crippen LogP contribution in [-0.4, -0.2) is 54.2 Å². The second-order valence-corrected chi connectivity index (χ2v) is 13.3. The van der Waals surface area contributed by atoms with Crippen LogP contribution in [0.4, 0.5) is 34.1 Å². The van der Waals surface area contributed by atoms with Crippen LogP contribution in [0.25, 0.3) is 10.9 Å². The number of nitrogens with zero attached hydrogens (tertiary/aromatic N) is 6. The second-order valence-electron chi connectivity index (χ2n) is 13.3. The van der Waals surface area contributed by atoms with E-state index in [4.69, 9.17) is 28.7 Å². The molecule has 0 atom stereocenters. The summed E-state index contributed by atoms with van der Waals surface area (Å²) in [5, 5.41) is 25.3. The molecular formula is C44H54Cl4N14O2. The Kier molecular flexibility index (Phi) is 24.1. The lowest BCUT2D eigenvalue weighted by Crippen LogP contribution is -2.22. The number of hydrogen-bond donors (Lipinski definition) is 8. The molecule has 0 spiro atoms. The fourth-order valence-corrected chi connectivity index (χ4v) is 5.39. The lowest BCUT2D eigenvalue weighted by Gasteiger charge is -2.15. The van der Waals surface area contributed by atoms with Crippen molar-refractivity contribution < 1.29 is 9.59 Å². The third kappa shape index (κ3) is 16.6. The third-order valence-corrected chi connectivity index (χ3v) is 8.59. The summed E-state index contributed by atoms with van der Waals surface area (Å²) in [4.78, 5) is 31.4. The molecule has 16 nitrogen and oxygen atoms in total. The van der Waals surface area contributed by atoms with Crippen molar-refractivity contribution in [2.24, 2.45) is 43.3 Å². The molecule has 6 rings (SSSR count). The van der Waals surface area contributed by atoms with Crippen molar-refractivity contribution in [3.8, 4) is 0 Å². The quantitative estimate of drug-likeness (QED) is 0.0267. The largest absolute Gasteiger partial charge is 0.399 e. The number of aromatic nitrogens is 1. The van der Waals surface area contributed by atoms with Gasteiger partial charge in [0.25, 0.3) is 11.8 Å². The fraction of sp³-hybridized carbons (Fsp3) is 0.114. The van der Waals surface area contributed by atoms with Crippen molar-refractivity contribution in [1.82, 2.24) is 4.98 Å². The molecule has 64 heavy (non-hydrogen) atoms. The number of halogens is 4. The molecule has 0 fully saturated rings. The van der Waals surface area contributed by atoms with Gasteiger partial charge in [-0.2, -0.15) is 10.2 Å². The summed E-state index contributed by atoms with van der Waals surface area (Å²) in [6, 6.07) is 36.6. The Hall–Kier alpha value is -7.11. The van der Waals surface area contributed by atoms with Gasteiger partial charge in [0.2, 0.25) is 11.9 Å². The highest BCUT2D eigenvalue weighted by atomic mass is 35.5. The Morgan fingerprint density at radius 1 is 0.547 bits per heavy atom. The number of nitrogens with one attached hydrogen (secondary N) is 3. The smallest absolute Gasteiger partial charge is 0.255 e. The zero-order valence-electron chi connectivity index (χ0n) is 34.6. The number of guanidine groups is 2. The van der Waals surface area contributed by atoms with E-state index in [-0.39, 0.29) is 80.8 Å². The number of carbonyl (C=O) groups excluding carboxylic acids is 2. The van der Waals surface area contributed by atoms with E-state index in [1.165, 1.54) is 0 Å². The van der Waals surface area contributed by atoms with E-state index in [0.717, 1.165) is 39.1 Å². The van der Waals surface area contributed by atoms with E-state index < -0.39 is 0 Å². The molecule has 0 aliphatic carbocycles. The van der Waals surface area contributed by atoms with Crippen molar-refractivity contribution in [3.63, 3.8) is 0 Å². The fourth-order valence-electron chi connectivity index (χ4n) is 5.39. The minimum atomic E-state index is -0.205. The summed E-state index contributed by atoms with van der Waals surface area (Å²) in [5.74, 6) is -0.613. The number of amides is 2. The number of fused-ring (bicyclic) bond motifs is 1. The molecule has 13 N–H and O–H groups in total. The number of rotatable bonds is 11. The molecule has 0 radical (unpaired) electrons. The van der Waals surface area contributed by atoms with Crippen molar-refractivity contribution >= 4 is 130 Å². The van der Waals surface area contributed by atoms with Crippen molar-refractivity contribution in [2.75, 3.05) is 40.7 Å². The van der Waals surface area contributed by atoms with Crippen LogP contribution in [0.15, 0.2) is 148 Å². The number of carbonyl (C=O) groups is 2. The first kappa shape index (κ1) is 56.9. The molecule has 0 saturated carbocycles. The standard InChI is InChI=1S/C27H28N8O.C16H18N6O.CH4.4ClH/c1-17(33-34-27(28)29)18-4-8-21(9-5-18)32-26(36)19-6-10-20(11-7-19)31-25-14-15-30-24-13-12-22(35(2)3)16-23(24)25;1-10(21-22-16(18)19)11-4-8-14(9-5-11)20-15(23)12-2-6-13(17)7-3-12;;;;;/h4-16H,1-3H3,(H,30,31)(H,32,36)(H4,28,29,34);2-9H,17H2,1H3,(H,20,23)(H4,18,19,22);1H4;4*1H/b33-17+;21-10+;;;;;. The maximum atomic E-state index is 12.7. The Bertz CT molecular complexity index is 2540. The van der Waals surface area contributed by atoms with Gasteiger partial charge in [-0.15, -0.1) is 59.8 Å². The first-order valence-corrected chi connectivity index (χ1v) is 18.1. The summed E-state index contributed by atoms with van der Waals surface area (Å²) in [7, 11) is 4.01. The van der Waals surface area contributed by atoms with Crippen LogP contribution < -0.4 is 49.5 Å².